The third-order valence-electron chi connectivity index (χ3n) is 3.18. The molecular weight excluding hydrogens is 244 g/mol. The van der Waals surface area contributed by atoms with Crippen LogP contribution < -0.4 is 0 Å². The molecule has 2 atom stereocenters. The van der Waals surface area contributed by atoms with Gasteiger partial charge in [0.25, 0.3) is 0 Å². The molecule has 0 unspecified atom stereocenters. The van der Waals surface area contributed by atoms with Gasteiger partial charge >= 0.3 is 12.0 Å². The van der Waals surface area contributed by atoms with Crippen molar-refractivity contribution in [2.75, 3.05) is 13.7 Å². The molecule has 0 radical (unpaired) electrons. The number of ether oxygens (including phenoxy) is 1. The molecule has 1 N–H and O–H groups in total. The lowest BCUT2D eigenvalue weighted by molar-refractivity contribution is -0.146. The summed E-state index contributed by atoms with van der Waals surface area (Å²) in [4.78, 5) is 25.7. The number of urea groups is 1. The molecule has 0 spiro atoms. The Labute approximate surface area is 101 Å². The first-order chi connectivity index (χ1) is 8.15. The van der Waals surface area contributed by atoms with E-state index in [1.54, 1.807) is 0 Å². The number of carbonyl (C=O) groups excluding carboxylic acids is 2. The summed E-state index contributed by atoms with van der Waals surface area (Å²) < 4.78 is 4.72. The third kappa shape index (κ3) is 1.23. The zero-order valence-electron chi connectivity index (χ0n) is 8.99. The van der Waals surface area contributed by atoms with Crippen molar-refractivity contribution in [1.29, 1.82) is 0 Å². The van der Waals surface area contributed by atoms with E-state index in [2.05, 4.69) is 0 Å². The van der Waals surface area contributed by atoms with Gasteiger partial charge in [0, 0.05) is 4.88 Å². The summed E-state index contributed by atoms with van der Waals surface area (Å²) >= 11 is 1.40. The Morgan fingerprint density at radius 3 is 3.12 bits per heavy atom. The summed E-state index contributed by atoms with van der Waals surface area (Å²) in [6.45, 7) is 0.318. The maximum absolute atomic E-state index is 11.8. The fraction of sp³-hybridized carbons (Fsp3) is 0.400. The molecule has 2 aliphatic heterocycles. The zero-order valence-corrected chi connectivity index (χ0v) is 9.81. The van der Waals surface area contributed by atoms with Gasteiger partial charge in [0.05, 0.1) is 13.7 Å². The second-order valence-corrected chi connectivity index (χ2v) is 4.91. The van der Waals surface area contributed by atoms with Crippen molar-refractivity contribution in [2.45, 2.75) is 12.1 Å². The first-order valence-electron chi connectivity index (χ1n) is 5.09. The number of hydroxylamine groups is 2. The third-order valence-corrected chi connectivity index (χ3v) is 4.16. The van der Waals surface area contributed by atoms with E-state index >= 15 is 0 Å². The van der Waals surface area contributed by atoms with Crippen molar-refractivity contribution >= 4 is 23.3 Å². The van der Waals surface area contributed by atoms with E-state index in [0.29, 0.717) is 11.6 Å². The largest absolute Gasteiger partial charge is 0.467 e. The number of thiophene rings is 1. The smallest absolute Gasteiger partial charge is 0.345 e. The molecule has 0 aromatic carbocycles. The van der Waals surface area contributed by atoms with Crippen LogP contribution in [0.5, 0.6) is 0 Å². The van der Waals surface area contributed by atoms with Gasteiger partial charge in [0.1, 0.15) is 6.04 Å². The molecule has 0 aliphatic carbocycles. The average molecular weight is 254 g/mol. The van der Waals surface area contributed by atoms with E-state index in [1.165, 1.54) is 23.3 Å². The molecule has 1 aromatic heterocycles. The SMILES string of the molecule is COC(=O)[C@@H]1c2sccc2[C@H]2CN1C(=O)N2O. The number of esters is 1. The maximum atomic E-state index is 11.8. The number of amides is 2. The average Bonchev–Trinajstić information content (AvgIpc) is 2.90. The highest BCUT2D eigenvalue weighted by Gasteiger charge is 2.51. The van der Waals surface area contributed by atoms with E-state index in [4.69, 9.17) is 4.74 Å². The number of hydrogen-bond donors (Lipinski definition) is 1. The van der Waals surface area contributed by atoms with Gasteiger partial charge in [-0.3, -0.25) is 5.21 Å². The normalized spacial score (nSPS) is 26.1. The Kier molecular flexibility index (Phi) is 2.14. The maximum Gasteiger partial charge on any atom is 0.345 e. The van der Waals surface area contributed by atoms with Gasteiger partial charge in [-0.25, -0.2) is 9.59 Å². The first-order valence-corrected chi connectivity index (χ1v) is 5.97. The van der Waals surface area contributed by atoms with E-state index in [-0.39, 0.29) is 6.04 Å². The van der Waals surface area contributed by atoms with Crippen molar-refractivity contribution in [3.8, 4) is 0 Å². The topological polar surface area (TPSA) is 70.1 Å². The lowest BCUT2D eigenvalue weighted by Crippen LogP contribution is -2.38. The second-order valence-electron chi connectivity index (χ2n) is 3.96. The van der Waals surface area contributed by atoms with Gasteiger partial charge in [-0.05, 0) is 17.0 Å². The number of carbonyl (C=O) groups is 2. The van der Waals surface area contributed by atoms with Gasteiger partial charge in [-0.2, -0.15) is 5.06 Å². The summed E-state index contributed by atoms with van der Waals surface area (Å²) in [6.07, 6.45) is 0. The molecule has 1 aromatic rings. The van der Waals surface area contributed by atoms with Crippen LogP contribution in [0.2, 0.25) is 0 Å². The van der Waals surface area contributed by atoms with Crippen LogP contribution in [0.15, 0.2) is 11.4 Å². The van der Waals surface area contributed by atoms with E-state index in [9.17, 15) is 14.8 Å². The number of methoxy groups -OCH3 is 1. The molecule has 1 fully saturated rings. The zero-order chi connectivity index (χ0) is 12.2. The Hall–Kier alpha value is -1.60. The van der Waals surface area contributed by atoms with Crippen molar-refractivity contribution < 1.29 is 19.5 Å². The molecule has 2 bridgehead atoms. The molecule has 3 rings (SSSR count). The molecule has 1 saturated heterocycles. The highest BCUT2D eigenvalue weighted by molar-refractivity contribution is 7.10. The van der Waals surface area contributed by atoms with Gasteiger partial charge < -0.3 is 9.64 Å². The molecule has 0 saturated carbocycles. The van der Waals surface area contributed by atoms with Crippen LogP contribution in [0.3, 0.4) is 0 Å². The molecule has 7 heteroatoms. The number of hydrogen-bond acceptors (Lipinski definition) is 5. The Bertz CT molecular complexity index is 500. The van der Waals surface area contributed by atoms with Gasteiger partial charge in [0.2, 0.25) is 0 Å². The minimum Gasteiger partial charge on any atom is -0.467 e. The number of rotatable bonds is 1. The Morgan fingerprint density at radius 2 is 2.41 bits per heavy atom. The lowest BCUT2D eigenvalue weighted by Gasteiger charge is -2.28. The summed E-state index contributed by atoms with van der Waals surface area (Å²) in [5.41, 5.74) is 0.829. The van der Waals surface area contributed by atoms with Crippen LogP contribution in [-0.4, -0.2) is 40.8 Å². The first kappa shape index (κ1) is 10.5. The summed E-state index contributed by atoms with van der Waals surface area (Å²) in [5, 5.41) is 12.2. The monoisotopic (exact) mass is 254 g/mol. The fourth-order valence-corrected chi connectivity index (χ4v) is 3.42. The van der Waals surface area contributed by atoms with Gasteiger partial charge in [-0.15, -0.1) is 11.3 Å². The summed E-state index contributed by atoms with van der Waals surface area (Å²) in [6, 6.07) is 0.189. The van der Waals surface area contributed by atoms with E-state index < -0.39 is 18.0 Å². The predicted molar refractivity (Wildman–Crippen MR) is 57.5 cm³/mol. The van der Waals surface area contributed by atoms with Crippen molar-refractivity contribution in [2.24, 2.45) is 0 Å². The van der Waals surface area contributed by atoms with Crippen LogP contribution >= 0.6 is 11.3 Å². The van der Waals surface area contributed by atoms with Crippen molar-refractivity contribution in [1.82, 2.24) is 9.96 Å². The van der Waals surface area contributed by atoms with E-state index in [1.807, 2.05) is 11.4 Å². The molecular formula is C10H10N2O4S. The molecule has 17 heavy (non-hydrogen) atoms. The van der Waals surface area contributed by atoms with Crippen LogP contribution in [0.4, 0.5) is 4.79 Å². The lowest BCUT2D eigenvalue weighted by atomic mass is 10.00. The van der Waals surface area contributed by atoms with Gasteiger partial charge in [0.15, 0.2) is 6.04 Å². The van der Waals surface area contributed by atoms with Gasteiger partial charge in [-0.1, -0.05) is 0 Å². The second kappa shape index (κ2) is 3.44. The molecule has 3 heterocycles. The van der Waals surface area contributed by atoms with Crippen LogP contribution in [0.25, 0.3) is 0 Å². The molecule has 90 valence electrons. The van der Waals surface area contributed by atoms with Crippen LogP contribution in [0, 0.1) is 0 Å². The Morgan fingerprint density at radius 1 is 1.65 bits per heavy atom. The van der Waals surface area contributed by atoms with Crippen molar-refractivity contribution in [3.05, 3.63) is 21.9 Å². The number of fused-ring (bicyclic) bond motifs is 4. The predicted octanol–water partition coefficient (Wildman–Crippen LogP) is 1.14. The minimum atomic E-state index is -0.726. The highest BCUT2D eigenvalue weighted by atomic mass is 32.1. The summed E-state index contributed by atoms with van der Waals surface area (Å²) in [5.74, 6) is -0.476. The molecule has 2 aliphatic rings. The minimum absolute atomic E-state index is 0.318. The highest BCUT2D eigenvalue weighted by Crippen LogP contribution is 2.45. The quantitative estimate of drug-likeness (QED) is 0.602. The number of nitrogens with zero attached hydrogens (tertiary/aromatic N) is 2. The molecule has 2 amide bonds. The van der Waals surface area contributed by atoms with Crippen LogP contribution in [0.1, 0.15) is 22.5 Å². The fourth-order valence-electron chi connectivity index (χ4n) is 2.37. The summed E-state index contributed by atoms with van der Waals surface area (Å²) in [7, 11) is 1.29. The van der Waals surface area contributed by atoms with Crippen molar-refractivity contribution in [3.63, 3.8) is 0 Å². The van der Waals surface area contributed by atoms with Crippen LogP contribution in [-0.2, 0) is 9.53 Å². The Balaban J connectivity index is 2.13. The molecule has 6 nitrogen and oxygen atoms in total. The standard InChI is InChI=1S/C10H10N2O4S/c1-16-9(13)7-8-5(2-3-17-8)6-4-11(7)10(14)12(6)15/h2-3,6-7,15H,4H2,1H3/t6-,7+/m1/s1. The van der Waals surface area contributed by atoms with E-state index in [0.717, 1.165) is 10.4 Å².